The fourth-order valence-electron chi connectivity index (χ4n) is 2.07. The zero-order chi connectivity index (χ0) is 13.4. The number of carbonyl (C=O) groups is 1. The molecule has 1 rings (SSSR count). The molecule has 0 unspecified atom stereocenters. The zero-order valence-electron chi connectivity index (χ0n) is 12.2. The average molecular weight is 256 g/mol. The van der Waals surface area contributed by atoms with Crippen molar-refractivity contribution in [1.29, 1.82) is 0 Å². The lowest BCUT2D eigenvalue weighted by Crippen LogP contribution is -2.49. The van der Waals surface area contributed by atoms with E-state index >= 15 is 0 Å². The van der Waals surface area contributed by atoms with Crippen molar-refractivity contribution in [2.45, 2.75) is 40.0 Å². The summed E-state index contributed by atoms with van der Waals surface area (Å²) in [6.45, 7) is 11.6. The van der Waals surface area contributed by atoms with Crippen LogP contribution in [0, 0.1) is 5.92 Å². The van der Waals surface area contributed by atoms with Gasteiger partial charge in [0.25, 0.3) is 0 Å². The van der Waals surface area contributed by atoms with Crippen LogP contribution in [0.4, 0.5) is 4.79 Å². The Labute approximate surface area is 111 Å². The third kappa shape index (κ3) is 5.71. The minimum Gasteiger partial charge on any atom is -0.449 e. The summed E-state index contributed by atoms with van der Waals surface area (Å²) < 4.78 is 5.25. The molecule has 4 heteroatoms. The molecule has 0 bridgehead atoms. The highest BCUT2D eigenvalue weighted by Gasteiger charge is 2.21. The summed E-state index contributed by atoms with van der Waals surface area (Å²) in [7, 11) is 0. The van der Waals surface area contributed by atoms with Crippen molar-refractivity contribution >= 4 is 6.09 Å². The van der Waals surface area contributed by atoms with Gasteiger partial charge in [0.15, 0.2) is 0 Å². The standard InChI is InChI=1S/C14H28N2O2/c1-4-5-6-7-15-8-10-16(11-9-15)14(17)18-12-13(2)3/h13H,4-12H2,1-3H3. The summed E-state index contributed by atoms with van der Waals surface area (Å²) in [5.74, 6) is 0.407. The molecule has 4 nitrogen and oxygen atoms in total. The van der Waals surface area contributed by atoms with E-state index in [0.717, 1.165) is 26.2 Å². The number of amides is 1. The number of carbonyl (C=O) groups excluding carboxylic acids is 1. The van der Waals surface area contributed by atoms with Crippen molar-refractivity contribution in [2.75, 3.05) is 39.3 Å². The molecule has 0 aromatic heterocycles. The Balaban J connectivity index is 2.16. The lowest BCUT2D eigenvalue weighted by molar-refractivity contribution is 0.0688. The summed E-state index contributed by atoms with van der Waals surface area (Å²) in [4.78, 5) is 16.0. The van der Waals surface area contributed by atoms with Gasteiger partial charge < -0.3 is 9.64 Å². The maximum Gasteiger partial charge on any atom is 0.409 e. The number of unbranched alkanes of at least 4 members (excludes halogenated alkanes) is 2. The monoisotopic (exact) mass is 256 g/mol. The second-order valence-electron chi connectivity index (χ2n) is 5.51. The van der Waals surface area contributed by atoms with Crippen LogP contribution in [0.15, 0.2) is 0 Å². The van der Waals surface area contributed by atoms with E-state index in [1.807, 2.05) is 4.90 Å². The van der Waals surface area contributed by atoms with Gasteiger partial charge in [0, 0.05) is 26.2 Å². The van der Waals surface area contributed by atoms with Crippen molar-refractivity contribution in [3.8, 4) is 0 Å². The van der Waals surface area contributed by atoms with Crippen LogP contribution < -0.4 is 0 Å². The Kier molecular flexibility index (Phi) is 7.09. The molecule has 18 heavy (non-hydrogen) atoms. The molecule has 0 N–H and O–H groups in total. The molecule has 0 aliphatic carbocycles. The predicted molar refractivity (Wildman–Crippen MR) is 73.7 cm³/mol. The van der Waals surface area contributed by atoms with Crippen LogP contribution in [0.5, 0.6) is 0 Å². The molecule has 106 valence electrons. The first-order valence-corrected chi connectivity index (χ1v) is 7.27. The van der Waals surface area contributed by atoms with Crippen molar-refractivity contribution in [3.05, 3.63) is 0 Å². The van der Waals surface area contributed by atoms with Crippen LogP contribution in [0.3, 0.4) is 0 Å². The van der Waals surface area contributed by atoms with Gasteiger partial charge in [-0.2, -0.15) is 0 Å². The molecule has 1 amide bonds. The maximum absolute atomic E-state index is 11.8. The van der Waals surface area contributed by atoms with Crippen LogP contribution in [0.25, 0.3) is 0 Å². The SMILES string of the molecule is CCCCCN1CCN(C(=O)OCC(C)C)CC1. The van der Waals surface area contributed by atoms with E-state index in [-0.39, 0.29) is 6.09 Å². The minimum absolute atomic E-state index is 0.142. The summed E-state index contributed by atoms with van der Waals surface area (Å²) in [5.41, 5.74) is 0. The fourth-order valence-corrected chi connectivity index (χ4v) is 2.07. The third-order valence-corrected chi connectivity index (χ3v) is 3.25. The quantitative estimate of drug-likeness (QED) is 0.685. The lowest BCUT2D eigenvalue weighted by atomic mass is 10.2. The third-order valence-electron chi connectivity index (χ3n) is 3.25. The Bertz CT molecular complexity index is 236. The Hall–Kier alpha value is -0.770. The molecule has 0 aromatic rings. The fraction of sp³-hybridized carbons (Fsp3) is 0.929. The second kappa shape index (κ2) is 8.35. The molecular formula is C14H28N2O2. The van der Waals surface area contributed by atoms with Crippen molar-refractivity contribution in [2.24, 2.45) is 5.92 Å². The summed E-state index contributed by atoms with van der Waals surface area (Å²) in [6, 6.07) is 0. The topological polar surface area (TPSA) is 32.8 Å². The second-order valence-corrected chi connectivity index (χ2v) is 5.51. The van der Waals surface area contributed by atoms with Crippen LogP contribution in [0.2, 0.25) is 0 Å². The molecule has 0 saturated carbocycles. The average Bonchev–Trinajstić information content (AvgIpc) is 2.37. The smallest absolute Gasteiger partial charge is 0.409 e. The minimum atomic E-state index is -0.142. The van der Waals surface area contributed by atoms with Crippen molar-refractivity contribution in [3.63, 3.8) is 0 Å². The highest BCUT2D eigenvalue weighted by molar-refractivity contribution is 5.67. The molecule has 0 atom stereocenters. The molecule has 0 radical (unpaired) electrons. The van der Waals surface area contributed by atoms with Gasteiger partial charge in [-0.15, -0.1) is 0 Å². The first-order valence-electron chi connectivity index (χ1n) is 7.27. The first-order chi connectivity index (χ1) is 8.63. The van der Waals surface area contributed by atoms with Crippen LogP contribution >= 0.6 is 0 Å². The van der Waals surface area contributed by atoms with Crippen LogP contribution in [0.1, 0.15) is 40.0 Å². The number of ether oxygens (including phenoxy) is 1. The largest absolute Gasteiger partial charge is 0.449 e. The van der Waals surface area contributed by atoms with Gasteiger partial charge in [-0.05, 0) is 18.9 Å². The number of hydrogen-bond donors (Lipinski definition) is 0. The van der Waals surface area contributed by atoms with Gasteiger partial charge >= 0.3 is 6.09 Å². The van der Waals surface area contributed by atoms with Crippen LogP contribution in [-0.2, 0) is 4.74 Å². The number of piperazine rings is 1. The van der Waals surface area contributed by atoms with Gasteiger partial charge in [-0.25, -0.2) is 4.79 Å². The number of hydrogen-bond acceptors (Lipinski definition) is 3. The summed E-state index contributed by atoms with van der Waals surface area (Å²) in [5, 5.41) is 0. The molecule has 1 saturated heterocycles. The molecule has 1 aliphatic heterocycles. The van der Waals surface area contributed by atoms with E-state index in [9.17, 15) is 4.79 Å². The molecule has 0 spiro atoms. The van der Waals surface area contributed by atoms with Gasteiger partial charge in [0.2, 0.25) is 0 Å². The highest BCUT2D eigenvalue weighted by atomic mass is 16.6. The zero-order valence-corrected chi connectivity index (χ0v) is 12.2. The maximum atomic E-state index is 11.8. The van der Waals surface area contributed by atoms with Crippen molar-refractivity contribution in [1.82, 2.24) is 9.80 Å². The summed E-state index contributed by atoms with van der Waals surface area (Å²) >= 11 is 0. The van der Waals surface area contributed by atoms with E-state index in [4.69, 9.17) is 4.74 Å². The number of nitrogens with zero attached hydrogens (tertiary/aromatic N) is 2. The molecule has 0 aromatic carbocycles. The Morgan fingerprint density at radius 3 is 2.39 bits per heavy atom. The molecule has 1 fully saturated rings. The van der Waals surface area contributed by atoms with Gasteiger partial charge in [0.1, 0.15) is 0 Å². The van der Waals surface area contributed by atoms with Gasteiger partial charge in [-0.3, -0.25) is 4.90 Å². The molecular weight excluding hydrogens is 228 g/mol. The van der Waals surface area contributed by atoms with Gasteiger partial charge in [-0.1, -0.05) is 33.6 Å². The normalized spacial score (nSPS) is 17.2. The Morgan fingerprint density at radius 2 is 1.83 bits per heavy atom. The summed E-state index contributed by atoms with van der Waals surface area (Å²) in [6.07, 6.45) is 3.70. The van der Waals surface area contributed by atoms with E-state index in [0.29, 0.717) is 12.5 Å². The highest BCUT2D eigenvalue weighted by Crippen LogP contribution is 2.06. The van der Waals surface area contributed by atoms with Crippen LogP contribution in [-0.4, -0.2) is 55.2 Å². The van der Waals surface area contributed by atoms with E-state index in [2.05, 4.69) is 25.7 Å². The molecule has 1 heterocycles. The lowest BCUT2D eigenvalue weighted by Gasteiger charge is -2.34. The van der Waals surface area contributed by atoms with E-state index < -0.39 is 0 Å². The van der Waals surface area contributed by atoms with E-state index in [1.165, 1.54) is 25.8 Å². The predicted octanol–water partition coefficient (Wildman–Crippen LogP) is 2.59. The molecule has 1 aliphatic rings. The van der Waals surface area contributed by atoms with Gasteiger partial charge in [0.05, 0.1) is 6.61 Å². The number of rotatable bonds is 6. The van der Waals surface area contributed by atoms with Crippen molar-refractivity contribution < 1.29 is 9.53 Å². The Morgan fingerprint density at radius 1 is 1.17 bits per heavy atom. The van der Waals surface area contributed by atoms with E-state index in [1.54, 1.807) is 0 Å². The first kappa shape index (κ1) is 15.3.